The Morgan fingerprint density at radius 3 is 2.00 bits per heavy atom. The van der Waals surface area contributed by atoms with E-state index in [4.69, 9.17) is 4.74 Å². The van der Waals surface area contributed by atoms with E-state index >= 15 is 0 Å². The van der Waals surface area contributed by atoms with Crippen LogP contribution in [0.15, 0.2) is 0 Å². The molecule has 4 bridgehead atoms. The highest BCUT2D eigenvalue weighted by molar-refractivity contribution is 5.74. The number of ether oxygens (including phenoxy) is 1. The third-order valence-electron chi connectivity index (χ3n) is 4.64. The van der Waals surface area contributed by atoms with E-state index in [9.17, 15) is 9.90 Å². The summed E-state index contributed by atoms with van der Waals surface area (Å²) >= 11 is 0. The molecule has 0 radical (unpaired) electrons. The Labute approximate surface area is 96.2 Å². The molecule has 4 rings (SSSR count). The lowest BCUT2D eigenvalue weighted by Gasteiger charge is -2.55. The minimum atomic E-state index is -0.979. The number of aliphatic hydroxyl groups excluding tert-OH is 1. The summed E-state index contributed by atoms with van der Waals surface area (Å²) in [5.41, 5.74) is -0.206. The van der Waals surface area contributed by atoms with Gasteiger partial charge in [-0.1, -0.05) is 0 Å². The van der Waals surface area contributed by atoms with E-state index in [-0.39, 0.29) is 5.60 Å². The molecule has 0 aromatic heterocycles. The molecule has 3 nitrogen and oxygen atoms in total. The molecule has 0 aromatic carbocycles. The maximum atomic E-state index is 11.6. The van der Waals surface area contributed by atoms with Gasteiger partial charge in [-0.25, -0.2) is 4.79 Å². The van der Waals surface area contributed by atoms with Crippen LogP contribution in [0, 0.1) is 17.8 Å². The Balaban J connectivity index is 1.76. The number of rotatable bonds is 2. The fourth-order valence-corrected chi connectivity index (χ4v) is 4.45. The molecule has 16 heavy (non-hydrogen) atoms. The van der Waals surface area contributed by atoms with Crippen molar-refractivity contribution in [1.82, 2.24) is 0 Å². The summed E-state index contributed by atoms with van der Waals surface area (Å²) in [7, 11) is 0. The van der Waals surface area contributed by atoms with E-state index in [1.807, 2.05) is 0 Å². The third-order valence-corrected chi connectivity index (χ3v) is 4.64. The van der Waals surface area contributed by atoms with Gasteiger partial charge in [-0.3, -0.25) is 0 Å². The highest BCUT2D eigenvalue weighted by Gasteiger charge is 2.53. The Hall–Kier alpha value is -0.570. The fraction of sp³-hybridized carbons (Fsp3) is 0.923. The van der Waals surface area contributed by atoms with E-state index in [0.717, 1.165) is 37.0 Å². The maximum Gasteiger partial charge on any atom is 0.335 e. The lowest BCUT2D eigenvalue weighted by Crippen LogP contribution is -2.53. The number of carbonyl (C=O) groups excluding carboxylic acids is 1. The van der Waals surface area contributed by atoms with Crippen molar-refractivity contribution in [3.8, 4) is 0 Å². The predicted octanol–water partition coefficient (Wildman–Crippen LogP) is 1.88. The van der Waals surface area contributed by atoms with Crippen LogP contribution in [-0.2, 0) is 9.53 Å². The Morgan fingerprint density at radius 1 is 1.19 bits per heavy atom. The fourth-order valence-electron chi connectivity index (χ4n) is 4.45. The molecule has 0 aromatic rings. The molecule has 0 heterocycles. The van der Waals surface area contributed by atoms with Crippen molar-refractivity contribution in [2.45, 2.75) is 57.2 Å². The van der Waals surface area contributed by atoms with Crippen LogP contribution < -0.4 is 0 Å². The number of esters is 1. The van der Waals surface area contributed by atoms with Crippen molar-refractivity contribution >= 4 is 5.97 Å². The van der Waals surface area contributed by atoms with Gasteiger partial charge in [0.2, 0.25) is 0 Å². The molecule has 90 valence electrons. The van der Waals surface area contributed by atoms with Crippen LogP contribution >= 0.6 is 0 Å². The lowest BCUT2D eigenvalue weighted by atomic mass is 9.54. The molecule has 1 unspecified atom stereocenters. The summed E-state index contributed by atoms with van der Waals surface area (Å²) in [4.78, 5) is 11.6. The summed E-state index contributed by atoms with van der Waals surface area (Å²) in [5, 5.41) is 9.25. The molecule has 0 spiro atoms. The molecule has 4 aliphatic carbocycles. The third kappa shape index (κ3) is 1.65. The first-order chi connectivity index (χ1) is 7.56. The number of hydrogen-bond donors (Lipinski definition) is 1. The summed E-state index contributed by atoms with van der Waals surface area (Å²) in [6, 6.07) is 0. The van der Waals surface area contributed by atoms with E-state index in [0.29, 0.717) is 0 Å². The van der Waals surface area contributed by atoms with Gasteiger partial charge in [-0.15, -0.1) is 0 Å². The van der Waals surface area contributed by atoms with E-state index in [1.165, 1.54) is 26.2 Å². The zero-order valence-corrected chi connectivity index (χ0v) is 9.82. The van der Waals surface area contributed by atoms with Crippen LogP contribution in [0.3, 0.4) is 0 Å². The smallest absolute Gasteiger partial charge is 0.335 e. The first-order valence-corrected chi connectivity index (χ1v) is 6.47. The van der Waals surface area contributed by atoms with Crippen molar-refractivity contribution in [2.24, 2.45) is 17.8 Å². The Bertz CT molecular complexity index is 273. The van der Waals surface area contributed by atoms with Crippen molar-refractivity contribution in [3.63, 3.8) is 0 Å². The predicted molar refractivity (Wildman–Crippen MR) is 58.7 cm³/mol. The second-order valence-corrected chi connectivity index (χ2v) is 6.20. The highest BCUT2D eigenvalue weighted by Crippen LogP contribution is 2.57. The molecule has 4 fully saturated rings. The summed E-state index contributed by atoms with van der Waals surface area (Å²) < 4.78 is 5.62. The van der Waals surface area contributed by atoms with E-state index in [1.54, 1.807) is 0 Å². The van der Waals surface area contributed by atoms with Crippen LogP contribution in [0.5, 0.6) is 0 Å². The van der Waals surface area contributed by atoms with Gasteiger partial charge in [0.1, 0.15) is 11.7 Å². The van der Waals surface area contributed by atoms with Gasteiger partial charge in [0, 0.05) is 0 Å². The molecule has 1 atom stereocenters. The van der Waals surface area contributed by atoms with Gasteiger partial charge in [-0.05, 0) is 63.2 Å². The Morgan fingerprint density at radius 2 is 1.62 bits per heavy atom. The molecule has 0 aliphatic heterocycles. The van der Waals surface area contributed by atoms with Crippen molar-refractivity contribution in [2.75, 3.05) is 0 Å². The van der Waals surface area contributed by atoms with Gasteiger partial charge in [0.25, 0.3) is 0 Å². The van der Waals surface area contributed by atoms with Crippen molar-refractivity contribution in [1.29, 1.82) is 0 Å². The van der Waals surface area contributed by atoms with Gasteiger partial charge in [-0.2, -0.15) is 0 Å². The normalized spacial score (nSPS) is 46.8. The van der Waals surface area contributed by atoms with Gasteiger partial charge in [0.15, 0.2) is 0 Å². The first-order valence-electron chi connectivity index (χ1n) is 6.47. The SMILES string of the molecule is CC(O)C(=O)OC12CC3CC(CC(C3)C1)C2. The molecule has 0 saturated heterocycles. The van der Waals surface area contributed by atoms with Crippen molar-refractivity contribution in [3.05, 3.63) is 0 Å². The number of carbonyl (C=O) groups is 1. The summed E-state index contributed by atoms with van der Waals surface area (Å²) in [6.45, 7) is 1.49. The van der Waals surface area contributed by atoms with Crippen LogP contribution in [0.25, 0.3) is 0 Å². The molecule has 4 saturated carbocycles. The molecule has 3 heteroatoms. The minimum absolute atomic E-state index is 0.206. The van der Waals surface area contributed by atoms with Gasteiger partial charge < -0.3 is 9.84 Å². The second kappa shape index (κ2) is 3.46. The summed E-state index contributed by atoms with van der Waals surface area (Å²) in [6.07, 6.45) is 6.16. The first kappa shape index (κ1) is 10.6. The zero-order chi connectivity index (χ0) is 11.3. The molecular weight excluding hydrogens is 204 g/mol. The lowest BCUT2D eigenvalue weighted by molar-refractivity contribution is -0.194. The molecule has 1 N–H and O–H groups in total. The summed E-state index contributed by atoms with van der Waals surface area (Å²) in [5.74, 6) is 1.89. The standard InChI is InChI=1S/C13H20O3/c1-8(14)12(15)16-13-5-9-2-10(6-13)4-11(3-9)7-13/h8-11,14H,2-7H2,1H3. The molecule has 0 amide bonds. The topological polar surface area (TPSA) is 46.5 Å². The van der Waals surface area contributed by atoms with Crippen LogP contribution in [0.4, 0.5) is 0 Å². The molecule has 4 aliphatic rings. The van der Waals surface area contributed by atoms with Gasteiger partial charge >= 0.3 is 5.97 Å². The van der Waals surface area contributed by atoms with Gasteiger partial charge in [0.05, 0.1) is 0 Å². The number of aliphatic hydroxyl groups is 1. The van der Waals surface area contributed by atoms with Crippen molar-refractivity contribution < 1.29 is 14.6 Å². The zero-order valence-electron chi connectivity index (χ0n) is 9.82. The monoisotopic (exact) mass is 224 g/mol. The highest BCUT2D eigenvalue weighted by atomic mass is 16.6. The molecular formula is C13H20O3. The largest absolute Gasteiger partial charge is 0.457 e. The minimum Gasteiger partial charge on any atom is -0.457 e. The quantitative estimate of drug-likeness (QED) is 0.728. The average Bonchev–Trinajstić information content (AvgIpc) is 2.13. The maximum absolute atomic E-state index is 11.6. The van der Waals surface area contributed by atoms with Crippen LogP contribution in [-0.4, -0.2) is 22.8 Å². The van der Waals surface area contributed by atoms with E-state index < -0.39 is 12.1 Å². The second-order valence-electron chi connectivity index (χ2n) is 6.20. The average molecular weight is 224 g/mol. The van der Waals surface area contributed by atoms with Crippen LogP contribution in [0.1, 0.15) is 45.4 Å². The van der Waals surface area contributed by atoms with Crippen LogP contribution in [0.2, 0.25) is 0 Å². The van der Waals surface area contributed by atoms with E-state index in [2.05, 4.69) is 0 Å². The Kier molecular flexibility index (Phi) is 2.29. The number of hydrogen-bond acceptors (Lipinski definition) is 3.